The van der Waals surface area contributed by atoms with E-state index < -0.39 is 72.3 Å². The van der Waals surface area contributed by atoms with E-state index in [1.54, 1.807) is 27.2 Å². The molecule has 7 aliphatic rings. The molecule has 2 aliphatic carbocycles. The highest BCUT2D eigenvalue weighted by atomic mass is 16.7. The number of rotatable bonds is 15. The molecule has 2 bridgehead atoms. The maximum atomic E-state index is 14.5. The normalized spacial score (nSPS) is 44.8. The molecule has 0 saturated carbocycles. The second-order valence-corrected chi connectivity index (χ2v) is 22.2. The van der Waals surface area contributed by atoms with E-state index in [2.05, 4.69) is 59.8 Å². The van der Waals surface area contributed by atoms with E-state index in [0.29, 0.717) is 73.8 Å². The van der Waals surface area contributed by atoms with Gasteiger partial charge in [-0.3, -0.25) is 9.59 Å². The molecule has 0 amide bonds. The number of aliphatic hydroxyl groups is 2. The lowest BCUT2D eigenvalue weighted by Crippen LogP contribution is -2.58. The van der Waals surface area contributed by atoms with Crippen molar-refractivity contribution in [2.45, 2.75) is 231 Å². The molecular formula is C57H88O13. The topological polar surface area (TPSA) is 158 Å². The molecule has 13 heteroatoms. The molecule has 4 saturated heterocycles. The zero-order valence-electron chi connectivity index (χ0n) is 44.2. The quantitative estimate of drug-likeness (QED) is 0.0910. The van der Waals surface area contributed by atoms with Gasteiger partial charge in [-0.2, -0.15) is 0 Å². The van der Waals surface area contributed by atoms with Crippen molar-refractivity contribution in [3.63, 3.8) is 0 Å². The molecule has 1 spiro atoms. The lowest BCUT2D eigenvalue weighted by molar-refractivity contribution is -0.315. The van der Waals surface area contributed by atoms with E-state index in [-0.39, 0.29) is 48.6 Å². The van der Waals surface area contributed by atoms with Crippen molar-refractivity contribution < 1.29 is 62.4 Å². The maximum absolute atomic E-state index is 14.5. The first-order chi connectivity index (χ1) is 33.4. The predicted molar refractivity (Wildman–Crippen MR) is 266 cm³/mol. The maximum Gasteiger partial charge on any atom is 0.316 e. The van der Waals surface area contributed by atoms with Gasteiger partial charge in [0.15, 0.2) is 12.6 Å². The Morgan fingerprint density at radius 3 is 2.34 bits per heavy atom. The number of esters is 1. The number of methoxy groups -OCH3 is 2. The van der Waals surface area contributed by atoms with Crippen molar-refractivity contribution in [1.82, 2.24) is 0 Å². The van der Waals surface area contributed by atoms with Crippen LogP contribution in [0.2, 0.25) is 0 Å². The zero-order valence-corrected chi connectivity index (χ0v) is 44.2. The third kappa shape index (κ3) is 12.3. The molecule has 0 radical (unpaired) electrons. The summed E-state index contributed by atoms with van der Waals surface area (Å²) in [6.07, 6.45) is 17.6. The number of carbonyl (C=O) groups excluding carboxylic acids is 2. The third-order valence-electron chi connectivity index (χ3n) is 17.2. The Morgan fingerprint density at radius 2 is 1.61 bits per heavy atom. The second kappa shape index (κ2) is 24.2. The summed E-state index contributed by atoms with van der Waals surface area (Å²) in [5.41, 5.74) is -0.365. The van der Waals surface area contributed by atoms with Crippen molar-refractivity contribution in [3.8, 4) is 0 Å². The highest BCUT2D eigenvalue weighted by Gasteiger charge is 2.60. The molecule has 70 heavy (non-hydrogen) atoms. The smallest absolute Gasteiger partial charge is 0.316 e. The van der Waals surface area contributed by atoms with Crippen LogP contribution in [-0.2, 0) is 52.2 Å². The molecule has 5 aliphatic heterocycles. The van der Waals surface area contributed by atoms with Crippen LogP contribution in [-0.4, -0.2) is 128 Å². The van der Waals surface area contributed by atoms with Gasteiger partial charge in [0, 0.05) is 64.6 Å². The number of ketones is 1. The van der Waals surface area contributed by atoms with Crippen molar-refractivity contribution >= 4 is 11.8 Å². The van der Waals surface area contributed by atoms with E-state index in [1.807, 2.05) is 32.1 Å². The van der Waals surface area contributed by atoms with Gasteiger partial charge in [-0.05, 0) is 81.4 Å². The van der Waals surface area contributed by atoms with E-state index in [9.17, 15) is 19.8 Å². The summed E-state index contributed by atoms with van der Waals surface area (Å²) in [6.45, 7) is 19.0. The Kier molecular flexibility index (Phi) is 19.1. The van der Waals surface area contributed by atoms with Gasteiger partial charge in [-0.1, -0.05) is 103 Å². The SMILES string of the molecule is CCCCCCC(=O)C[C@@H]1[C@H](C)O[C@@H](O[C@H]2[C@H](C)O[C@@H](O[C@@H]3/C(C)=C/C[C@@H]4CC(C[C@]5(C=C[C@H](C)[C@@H]([C@@H](C)CC)C5)O4)OC(=O)[C@@H]4C=C(C)[C@@H](O)[C@H]5OC/C(=C\C=C\[C@@H]3C)[C@]54O)C[C@@H]2OC)C[C@@H]1OC. The number of hydrogen-bond donors (Lipinski definition) is 2. The number of aliphatic hydroxyl groups excluding tert-OH is 1. The number of unbranched alkanes of at least 4 members (excludes halogenated alkanes) is 3. The molecule has 0 aromatic heterocycles. The van der Waals surface area contributed by atoms with Gasteiger partial charge >= 0.3 is 5.97 Å². The molecule has 13 nitrogen and oxygen atoms in total. The van der Waals surface area contributed by atoms with Crippen molar-refractivity contribution in [1.29, 1.82) is 0 Å². The minimum absolute atomic E-state index is 0.0506. The van der Waals surface area contributed by atoms with Crippen LogP contribution in [0, 0.1) is 35.5 Å². The first-order valence-electron chi connectivity index (χ1n) is 27.0. The second-order valence-electron chi connectivity index (χ2n) is 22.2. The van der Waals surface area contributed by atoms with Gasteiger partial charge in [0.1, 0.15) is 41.7 Å². The van der Waals surface area contributed by atoms with E-state index in [1.165, 1.54) is 0 Å². The molecule has 5 heterocycles. The molecule has 20 atom stereocenters. The van der Waals surface area contributed by atoms with E-state index in [0.717, 1.165) is 44.1 Å². The first-order valence-corrected chi connectivity index (χ1v) is 27.0. The molecule has 0 aromatic carbocycles. The van der Waals surface area contributed by atoms with Crippen LogP contribution in [0.4, 0.5) is 0 Å². The van der Waals surface area contributed by atoms with Crippen LogP contribution < -0.4 is 0 Å². The molecule has 0 aromatic rings. The number of carbonyl (C=O) groups is 2. The lowest BCUT2D eigenvalue weighted by Gasteiger charge is -2.48. The zero-order chi connectivity index (χ0) is 50.5. The molecule has 4 fully saturated rings. The summed E-state index contributed by atoms with van der Waals surface area (Å²) in [7, 11) is 3.38. The van der Waals surface area contributed by atoms with Gasteiger partial charge < -0.3 is 52.8 Å². The van der Waals surface area contributed by atoms with Crippen LogP contribution in [0.5, 0.6) is 0 Å². The summed E-state index contributed by atoms with van der Waals surface area (Å²) in [5, 5.41) is 23.9. The van der Waals surface area contributed by atoms with Crippen molar-refractivity contribution in [3.05, 3.63) is 59.3 Å². The summed E-state index contributed by atoms with van der Waals surface area (Å²) in [5.74, 6) is -0.288. The average molecular weight is 981 g/mol. The van der Waals surface area contributed by atoms with Gasteiger partial charge in [-0.25, -0.2) is 0 Å². The monoisotopic (exact) mass is 981 g/mol. The average Bonchev–Trinajstić information content (AvgIpc) is 3.67. The van der Waals surface area contributed by atoms with Crippen LogP contribution in [0.1, 0.15) is 146 Å². The van der Waals surface area contributed by atoms with Crippen molar-refractivity contribution in [2.24, 2.45) is 35.5 Å². The van der Waals surface area contributed by atoms with E-state index >= 15 is 0 Å². The van der Waals surface area contributed by atoms with Crippen molar-refractivity contribution in [2.75, 3.05) is 20.8 Å². The predicted octanol–water partition coefficient (Wildman–Crippen LogP) is 9.23. The van der Waals surface area contributed by atoms with Crippen LogP contribution in [0.15, 0.2) is 59.3 Å². The highest BCUT2D eigenvalue weighted by Crippen LogP contribution is 2.48. The molecule has 1 unspecified atom stereocenters. The standard InChI is InChI=1S/C57H88O13/c1-12-14-15-16-20-41(58)26-44-38(8)65-49(28-47(44)62-10)69-53-39(9)66-50(29-48(53)63-11)68-52-35(5)18-17-19-40-32-64-54-51(59)37(7)25-46(57(40,54)61)55(60)67-43-27-42(22-21-36(52)6)70-56(30-43)24-23-34(4)45(31-56)33(3)13-2/h17-19,21,23-25,33-35,38-39,42-54,59,61H,12-16,20,22,26-32H2,1-11H3/b18-17+,36-21+,40-19+/t33-,34-,35-,38-,39-,42+,43?,44+,45+,46-,47-,48-,49-,50-,51+,52-,53-,54+,56-,57+/m0/s1. The minimum Gasteiger partial charge on any atom is -0.462 e. The highest BCUT2D eigenvalue weighted by molar-refractivity contribution is 5.79. The summed E-state index contributed by atoms with van der Waals surface area (Å²) in [4.78, 5) is 27.4. The van der Waals surface area contributed by atoms with E-state index in [4.69, 9.17) is 42.6 Å². The van der Waals surface area contributed by atoms with Gasteiger partial charge in [-0.15, -0.1) is 0 Å². The molecule has 7 rings (SSSR count). The Balaban J connectivity index is 1.11. The van der Waals surface area contributed by atoms with Crippen LogP contribution in [0.3, 0.4) is 0 Å². The van der Waals surface area contributed by atoms with Gasteiger partial charge in [0.05, 0.1) is 48.8 Å². The third-order valence-corrected chi connectivity index (χ3v) is 17.2. The number of hydrogen-bond acceptors (Lipinski definition) is 13. The number of ether oxygens (including phenoxy) is 9. The van der Waals surface area contributed by atoms with Gasteiger partial charge in [0.25, 0.3) is 0 Å². The molecule has 2 N–H and O–H groups in total. The largest absolute Gasteiger partial charge is 0.462 e. The molecular weight excluding hydrogens is 893 g/mol. The summed E-state index contributed by atoms with van der Waals surface area (Å²) in [6, 6.07) is 0. The minimum atomic E-state index is -1.81. The number of Topliss-reactive ketones (excluding diaryl/α,β-unsaturated/α-hetero) is 1. The summed E-state index contributed by atoms with van der Waals surface area (Å²) >= 11 is 0. The number of fused-ring (bicyclic) bond motifs is 2. The fourth-order valence-corrected chi connectivity index (χ4v) is 12.7. The molecule has 394 valence electrons. The van der Waals surface area contributed by atoms with Crippen LogP contribution >= 0.6 is 0 Å². The Labute approximate surface area is 419 Å². The Morgan fingerprint density at radius 1 is 0.886 bits per heavy atom. The number of allylic oxidation sites excluding steroid dienone is 3. The Bertz CT molecular complexity index is 1930. The lowest BCUT2D eigenvalue weighted by atomic mass is 9.68. The fourth-order valence-electron chi connectivity index (χ4n) is 12.7. The van der Waals surface area contributed by atoms with Gasteiger partial charge in [0.2, 0.25) is 0 Å². The van der Waals surface area contributed by atoms with Crippen LogP contribution in [0.25, 0.3) is 0 Å². The fraction of sp³-hybridized carbons (Fsp3) is 0.789. The Hall–Kier alpha value is -2.56. The summed E-state index contributed by atoms with van der Waals surface area (Å²) < 4.78 is 58.7. The first kappa shape index (κ1) is 55.2.